The van der Waals surface area contributed by atoms with Gasteiger partial charge in [0, 0.05) is 22.3 Å². The van der Waals surface area contributed by atoms with Gasteiger partial charge in [-0.05, 0) is 69.1 Å². The van der Waals surface area contributed by atoms with Crippen molar-refractivity contribution < 1.29 is 24.2 Å². The molecule has 3 unspecified atom stereocenters. The fraction of sp³-hybridized carbons (Fsp3) is 0.606. The van der Waals surface area contributed by atoms with Crippen LogP contribution in [0.4, 0.5) is 5.69 Å². The van der Waals surface area contributed by atoms with Crippen molar-refractivity contribution in [2.45, 2.75) is 86.7 Å². The van der Waals surface area contributed by atoms with E-state index in [0.29, 0.717) is 19.4 Å². The number of halogens is 1. The molecule has 7 nitrogen and oxygen atoms in total. The monoisotopic (exact) mass is 660 g/mol. The number of carbonyl (C=O) groups is 3. The number of aryl methyl sites for hydroxylation is 2. The van der Waals surface area contributed by atoms with Gasteiger partial charge in [-0.25, -0.2) is 0 Å². The number of thioether (sulfide) groups is 1. The summed E-state index contributed by atoms with van der Waals surface area (Å²) in [6, 6.07) is 4.61. The topological polar surface area (TPSA) is 87.1 Å². The minimum atomic E-state index is -0.841. The molecule has 1 N–H and O–H groups in total. The molecule has 9 heteroatoms. The van der Waals surface area contributed by atoms with Crippen LogP contribution < -0.4 is 4.90 Å². The maximum Gasteiger partial charge on any atom is 0.310 e. The third kappa shape index (κ3) is 5.98. The second kappa shape index (κ2) is 13.7. The van der Waals surface area contributed by atoms with Crippen molar-refractivity contribution in [2.24, 2.45) is 17.8 Å². The number of carbonyl (C=O) groups excluding carboxylic acids is 3. The van der Waals surface area contributed by atoms with E-state index in [1.165, 1.54) is 0 Å². The number of amides is 2. The number of alkyl halides is 1. The number of nitrogens with zero attached hydrogens (tertiary/aromatic N) is 2. The number of rotatable bonds is 14. The first-order valence-electron chi connectivity index (χ1n) is 15.0. The van der Waals surface area contributed by atoms with E-state index in [4.69, 9.17) is 4.74 Å². The molecule has 7 atom stereocenters. The Labute approximate surface area is 263 Å². The number of aliphatic hydroxyl groups is 1. The summed E-state index contributed by atoms with van der Waals surface area (Å²) < 4.78 is 4.94. The number of allylic oxidation sites excluding steroid dienone is 1. The molecule has 0 saturated carbocycles. The van der Waals surface area contributed by atoms with E-state index in [1.54, 1.807) is 27.6 Å². The van der Waals surface area contributed by atoms with Gasteiger partial charge >= 0.3 is 5.97 Å². The number of likely N-dealkylation sites (tertiary alicyclic amines) is 1. The van der Waals surface area contributed by atoms with Crippen molar-refractivity contribution >= 4 is 51.2 Å². The molecule has 1 aromatic rings. The summed E-state index contributed by atoms with van der Waals surface area (Å²) in [4.78, 5) is 46.4. The van der Waals surface area contributed by atoms with Gasteiger partial charge in [-0.15, -0.1) is 24.9 Å². The molecule has 3 fully saturated rings. The van der Waals surface area contributed by atoms with E-state index in [-0.39, 0.29) is 46.9 Å². The van der Waals surface area contributed by atoms with Crippen molar-refractivity contribution in [2.75, 3.05) is 24.7 Å². The number of unbranched alkanes of at least 4 members (excludes halogenated alkanes) is 2. The van der Waals surface area contributed by atoms with Crippen LogP contribution in [-0.4, -0.2) is 74.5 Å². The number of hydrogen-bond donors (Lipinski definition) is 1. The molecule has 1 spiro atoms. The standard InChI is InChI=1S/C33H45BrN2O5S/c1-7-9-10-11-15-41-32(40)26-27-30(38)36(23(19-37)16-20(3)4)29(33(27)18-24(34)28(26)42-33)31(39)35(14-8-2)25-17-21(5)12-13-22(25)6/h7-8,12-13,17,20,23-24,26-29,37H,1-2,9-11,14-16,18-19H2,3-6H3/t23-,24?,26+,27+,28+,29?,33?/m1/s1. The third-order valence-corrected chi connectivity index (χ3v) is 12.1. The smallest absolute Gasteiger partial charge is 0.310 e. The van der Waals surface area contributed by atoms with Crippen molar-refractivity contribution in [1.82, 2.24) is 4.90 Å². The lowest BCUT2D eigenvalue weighted by molar-refractivity contribution is -0.154. The molecule has 3 aliphatic heterocycles. The second-order valence-electron chi connectivity index (χ2n) is 12.4. The normalized spacial score (nSPS) is 28.6. The number of benzene rings is 1. The minimum Gasteiger partial charge on any atom is -0.465 e. The van der Waals surface area contributed by atoms with Crippen LogP contribution in [0, 0.1) is 31.6 Å². The summed E-state index contributed by atoms with van der Waals surface area (Å²) in [6.07, 6.45) is 7.12. The van der Waals surface area contributed by atoms with Crippen LogP contribution in [0.3, 0.4) is 0 Å². The Morgan fingerprint density at radius 3 is 2.64 bits per heavy atom. The summed E-state index contributed by atoms with van der Waals surface area (Å²) in [7, 11) is 0. The van der Waals surface area contributed by atoms with Gasteiger partial charge in [0.2, 0.25) is 5.91 Å². The molecule has 3 saturated heterocycles. The molecule has 230 valence electrons. The van der Waals surface area contributed by atoms with Gasteiger partial charge in [0.1, 0.15) is 6.04 Å². The average molecular weight is 662 g/mol. The summed E-state index contributed by atoms with van der Waals surface area (Å²) >= 11 is 5.41. The van der Waals surface area contributed by atoms with E-state index in [1.807, 2.05) is 52.0 Å². The number of hydrogen-bond acceptors (Lipinski definition) is 6. The molecule has 2 bridgehead atoms. The number of aliphatic hydroxyl groups excluding tert-OH is 1. The van der Waals surface area contributed by atoms with E-state index in [0.717, 1.165) is 36.1 Å². The second-order valence-corrected chi connectivity index (χ2v) is 15.1. The predicted molar refractivity (Wildman–Crippen MR) is 173 cm³/mol. The molecule has 2 amide bonds. The third-order valence-electron chi connectivity index (χ3n) is 8.86. The zero-order valence-corrected chi connectivity index (χ0v) is 27.7. The predicted octanol–water partition coefficient (Wildman–Crippen LogP) is 5.59. The van der Waals surface area contributed by atoms with E-state index < -0.39 is 28.7 Å². The fourth-order valence-electron chi connectivity index (χ4n) is 7.08. The summed E-state index contributed by atoms with van der Waals surface area (Å²) in [5, 5.41) is 10.4. The maximum absolute atomic E-state index is 14.9. The molecule has 1 aromatic carbocycles. The lowest BCUT2D eigenvalue weighted by Crippen LogP contribution is -2.58. The minimum absolute atomic E-state index is 0.0497. The van der Waals surface area contributed by atoms with E-state index >= 15 is 0 Å². The highest BCUT2D eigenvalue weighted by molar-refractivity contribution is 9.09. The lowest BCUT2D eigenvalue weighted by Gasteiger charge is -2.40. The van der Waals surface area contributed by atoms with Crippen molar-refractivity contribution in [3.05, 3.63) is 54.6 Å². The Balaban J connectivity index is 1.78. The van der Waals surface area contributed by atoms with Crippen molar-refractivity contribution in [3.8, 4) is 0 Å². The Morgan fingerprint density at radius 1 is 1.26 bits per heavy atom. The maximum atomic E-state index is 14.9. The molecule has 0 aromatic heterocycles. The Bertz CT molecular complexity index is 1210. The van der Waals surface area contributed by atoms with E-state index in [9.17, 15) is 19.5 Å². The molecule has 3 aliphatic rings. The first kappa shape index (κ1) is 32.8. The molecular weight excluding hydrogens is 616 g/mol. The highest BCUT2D eigenvalue weighted by Crippen LogP contribution is 2.68. The summed E-state index contributed by atoms with van der Waals surface area (Å²) in [5.74, 6) is -1.96. The van der Waals surface area contributed by atoms with E-state index in [2.05, 4.69) is 29.1 Å². The van der Waals surface area contributed by atoms with Gasteiger partial charge in [0.05, 0.1) is 35.8 Å². The lowest BCUT2D eigenvalue weighted by atomic mass is 9.71. The number of ether oxygens (including phenoxy) is 1. The molecule has 0 aliphatic carbocycles. The Hall–Kier alpha value is -2.10. The number of fused-ring (bicyclic) bond motifs is 1. The van der Waals surface area contributed by atoms with Gasteiger partial charge < -0.3 is 19.6 Å². The van der Waals surface area contributed by atoms with Crippen LogP contribution in [0.5, 0.6) is 0 Å². The summed E-state index contributed by atoms with van der Waals surface area (Å²) in [5.41, 5.74) is 2.75. The SMILES string of the molecule is C=CCCCCOC(=O)[C@H]1[C@H]2C(=O)N([C@@H](CO)CC(C)C)C(C(=O)N(CC=C)c3cc(C)ccc3C)C23CC(Br)[C@@H]1S3. The highest BCUT2D eigenvalue weighted by atomic mass is 79.9. The largest absolute Gasteiger partial charge is 0.465 e. The van der Waals surface area contributed by atoms with Crippen LogP contribution in [-0.2, 0) is 19.1 Å². The first-order chi connectivity index (χ1) is 20.0. The van der Waals surface area contributed by atoms with Crippen LogP contribution >= 0.6 is 27.7 Å². The van der Waals surface area contributed by atoms with Crippen molar-refractivity contribution in [1.29, 1.82) is 0 Å². The van der Waals surface area contributed by atoms with Gasteiger partial charge in [-0.1, -0.05) is 54.1 Å². The van der Waals surface area contributed by atoms with Crippen molar-refractivity contribution in [3.63, 3.8) is 0 Å². The molecule has 42 heavy (non-hydrogen) atoms. The van der Waals surface area contributed by atoms with Crippen LogP contribution in [0.2, 0.25) is 0 Å². The number of esters is 1. The van der Waals surface area contributed by atoms with Gasteiger partial charge in [-0.2, -0.15) is 0 Å². The van der Waals surface area contributed by atoms with Crippen LogP contribution in [0.1, 0.15) is 57.1 Å². The van der Waals surface area contributed by atoms with Gasteiger partial charge in [-0.3, -0.25) is 14.4 Å². The summed E-state index contributed by atoms with van der Waals surface area (Å²) in [6.45, 7) is 16.0. The van der Waals surface area contributed by atoms with Gasteiger partial charge in [0.25, 0.3) is 5.91 Å². The molecule has 3 heterocycles. The quantitative estimate of drug-likeness (QED) is 0.121. The van der Waals surface area contributed by atoms with Gasteiger partial charge in [0.15, 0.2) is 0 Å². The van der Waals surface area contributed by atoms with Crippen LogP contribution in [0.25, 0.3) is 0 Å². The first-order valence-corrected chi connectivity index (χ1v) is 16.8. The molecular formula is C33H45BrN2O5S. The average Bonchev–Trinajstić information content (AvgIpc) is 3.54. The molecule has 0 radical (unpaired) electrons. The van der Waals surface area contributed by atoms with Crippen LogP contribution in [0.15, 0.2) is 43.5 Å². The fourth-order valence-corrected chi connectivity index (χ4v) is 10.7. The Morgan fingerprint density at radius 2 is 2.00 bits per heavy atom. The molecule has 4 rings (SSSR count). The highest BCUT2D eigenvalue weighted by Gasteiger charge is 2.76. The Kier molecular flexibility index (Phi) is 10.7. The zero-order valence-electron chi connectivity index (χ0n) is 25.3. The number of anilines is 1. The zero-order chi connectivity index (χ0) is 30.8.